The average molecular weight is 428 g/mol. The Morgan fingerprint density at radius 3 is 2.58 bits per heavy atom. The lowest BCUT2D eigenvalue weighted by molar-refractivity contribution is 0.102. The molecule has 0 aliphatic rings. The number of imidazole rings is 1. The van der Waals surface area contributed by atoms with E-state index in [-0.39, 0.29) is 5.91 Å². The first-order chi connectivity index (χ1) is 15.2. The molecule has 0 radical (unpaired) electrons. The van der Waals surface area contributed by atoms with Gasteiger partial charge in [0.1, 0.15) is 5.65 Å². The van der Waals surface area contributed by atoms with E-state index in [9.17, 15) is 4.79 Å². The molecule has 0 spiro atoms. The molecule has 0 saturated carbocycles. The highest BCUT2D eigenvalue weighted by Crippen LogP contribution is 2.22. The minimum absolute atomic E-state index is 0.217. The van der Waals surface area contributed by atoms with Crippen LogP contribution in [0.25, 0.3) is 16.9 Å². The Morgan fingerprint density at radius 1 is 0.968 bits per heavy atom. The van der Waals surface area contributed by atoms with Crippen molar-refractivity contribution in [1.82, 2.24) is 19.2 Å². The van der Waals surface area contributed by atoms with Gasteiger partial charge in [-0.3, -0.25) is 9.48 Å². The Bertz CT molecular complexity index is 1340. The molecule has 0 fully saturated rings. The fourth-order valence-corrected chi connectivity index (χ4v) is 3.57. The smallest absolute Gasteiger partial charge is 0.258 e. The molecule has 5 aromatic rings. The summed E-state index contributed by atoms with van der Waals surface area (Å²) in [6, 6.07) is 21.1. The monoisotopic (exact) mass is 427 g/mol. The first kappa shape index (κ1) is 19.1. The number of nitrogens with zero attached hydrogens (tertiary/aromatic N) is 4. The molecule has 31 heavy (non-hydrogen) atoms. The van der Waals surface area contributed by atoms with E-state index >= 15 is 0 Å². The molecular formula is C24H18ClN5O. The first-order valence-corrected chi connectivity index (χ1v) is 10.1. The number of hydrogen-bond acceptors (Lipinski definition) is 3. The third kappa shape index (κ3) is 4.06. The number of hydrogen-bond donors (Lipinski definition) is 1. The van der Waals surface area contributed by atoms with Crippen LogP contribution in [-0.4, -0.2) is 25.1 Å². The van der Waals surface area contributed by atoms with Crippen LogP contribution in [0.3, 0.4) is 0 Å². The third-order valence-corrected chi connectivity index (χ3v) is 5.36. The van der Waals surface area contributed by atoms with Gasteiger partial charge in [0.15, 0.2) is 0 Å². The lowest BCUT2D eigenvalue weighted by Crippen LogP contribution is -2.11. The molecule has 152 valence electrons. The van der Waals surface area contributed by atoms with Crippen molar-refractivity contribution in [1.29, 1.82) is 0 Å². The number of carbonyl (C=O) groups excluding carboxylic acids is 1. The van der Waals surface area contributed by atoms with E-state index in [1.54, 1.807) is 17.1 Å². The molecule has 3 heterocycles. The van der Waals surface area contributed by atoms with Gasteiger partial charge < -0.3 is 9.72 Å². The summed E-state index contributed by atoms with van der Waals surface area (Å²) in [6.45, 7) is 0.501. The van der Waals surface area contributed by atoms with Gasteiger partial charge in [-0.25, -0.2) is 4.98 Å². The number of pyridine rings is 1. The molecule has 1 N–H and O–H groups in total. The number of aromatic nitrogens is 4. The number of amides is 1. The third-order valence-electron chi connectivity index (χ3n) is 4.99. The highest BCUT2D eigenvalue weighted by Gasteiger charge is 2.11. The molecule has 2 aromatic carbocycles. The van der Waals surface area contributed by atoms with Gasteiger partial charge in [-0.1, -0.05) is 48.0 Å². The molecule has 7 heteroatoms. The van der Waals surface area contributed by atoms with Gasteiger partial charge in [0.25, 0.3) is 5.91 Å². The number of fused-ring (bicyclic) bond motifs is 1. The minimum atomic E-state index is -0.217. The summed E-state index contributed by atoms with van der Waals surface area (Å²) in [5.74, 6) is -0.217. The van der Waals surface area contributed by atoms with Crippen LogP contribution in [0.15, 0.2) is 91.5 Å². The highest BCUT2D eigenvalue weighted by molar-refractivity contribution is 6.31. The van der Waals surface area contributed by atoms with Gasteiger partial charge in [-0.2, -0.15) is 5.10 Å². The number of nitrogens with one attached hydrogen (secondary N) is 1. The Hall–Kier alpha value is -3.90. The molecule has 6 nitrogen and oxygen atoms in total. The van der Waals surface area contributed by atoms with Crippen LogP contribution in [0.4, 0.5) is 5.69 Å². The van der Waals surface area contributed by atoms with E-state index < -0.39 is 0 Å². The van der Waals surface area contributed by atoms with Crippen molar-refractivity contribution in [2.45, 2.75) is 6.54 Å². The van der Waals surface area contributed by atoms with E-state index in [0.29, 0.717) is 22.8 Å². The molecule has 1 amide bonds. The van der Waals surface area contributed by atoms with Crippen molar-refractivity contribution in [3.63, 3.8) is 0 Å². The normalized spacial score (nSPS) is 11.0. The molecule has 0 bridgehead atoms. The lowest BCUT2D eigenvalue weighted by Gasteiger charge is -2.05. The second-order valence-corrected chi connectivity index (χ2v) is 7.55. The van der Waals surface area contributed by atoms with Crippen LogP contribution >= 0.6 is 11.6 Å². The van der Waals surface area contributed by atoms with Crippen molar-refractivity contribution in [2.75, 3.05) is 5.32 Å². The molecule has 0 atom stereocenters. The molecule has 0 saturated heterocycles. The maximum atomic E-state index is 12.6. The van der Waals surface area contributed by atoms with Crippen LogP contribution < -0.4 is 5.32 Å². The van der Waals surface area contributed by atoms with Gasteiger partial charge in [-0.15, -0.1) is 0 Å². The molecule has 5 rings (SSSR count). The van der Waals surface area contributed by atoms with Crippen LogP contribution in [0.1, 0.15) is 15.9 Å². The Morgan fingerprint density at radius 2 is 1.77 bits per heavy atom. The zero-order chi connectivity index (χ0) is 21.2. The summed E-state index contributed by atoms with van der Waals surface area (Å²) in [7, 11) is 0. The topological polar surface area (TPSA) is 64.2 Å². The van der Waals surface area contributed by atoms with Crippen molar-refractivity contribution >= 4 is 28.8 Å². The number of benzene rings is 2. The average Bonchev–Trinajstić information content (AvgIpc) is 3.43. The summed E-state index contributed by atoms with van der Waals surface area (Å²) in [4.78, 5) is 17.2. The standard InChI is InChI=1S/C24H18ClN5O/c25-21-6-2-1-5-18(21)14-30-15-19(13-26-30)24(31)27-20-10-8-17(9-11-20)22-16-29-12-4-3-7-23(29)28-22/h1-13,15-16H,14H2,(H,27,31). The summed E-state index contributed by atoms with van der Waals surface area (Å²) < 4.78 is 3.67. The second-order valence-electron chi connectivity index (χ2n) is 7.14. The summed E-state index contributed by atoms with van der Waals surface area (Å²) in [6.07, 6.45) is 7.21. The van der Waals surface area contributed by atoms with Gasteiger partial charge in [0, 0.05) is 34.9 Å². The van der Waals surface area contributed by atoms with Gasteiger partial charge in [-0.05, 0) is 35.9 Å². The van der Waals surface area contributed by atoms with Crippen molar-refractivity contribution < 1.29 is 4.79 Å². The maximum absolute atomic E-state index is 12.6. The predicted molar refractivity (Wildman–Crippen MR) is 121 cm³/mol. The van der Waals surface area contributed by atoms with Crippen molar-refractivity contribution in [2.24, 2.45) is 0 Å². The number of carbonyl (C=O) groups is 1. The summed E-state index contributed by atoms with van der Waals surface area (Å²) in [5.41, 5.74) is 4.89. The predicted octanol–water partition coefficient (Wildman–Crippen LogP) is 5.15. The molecular weight excluding hydrogens is 410 g/mol. The number of halogens is 1. The Balaban J connectivity index is 1.27. The molecule has 0 aliphatic carbocycles. The second kappa shape index (κ2) is 8.08. The Kier molecular flexibility index (Phi) is 4.98. The van der Waals surface area contributed by atoms with E-state index in [1.165, 1.54) is 0 Å². The number of anilines is 1. The van der Waals surface area contributed by atoms with E-state index in [4.69, 9.17) is 11.6 Å². The van der Waals surface area contributed by atoms with Gasteiger partial charge in [0.05, 0.1) is 24.0 Å². The van der Waals surface area contributed by atoms with E-state index in [0.717, 1.165) is 22.5 Å². The number of rotatable bonds is 5. The van der Waals surface area contributed by atoms with Crippen LogP contribution in [0, 0.1) is 0 Å². The van der Waals surface area contributed by atoms with Crippen LogP contribution in [0.2, 0.25) is 5.02 Å². The van der Waals surface area contributed by atoms with Gasteiger partial charge >= 0.3 is 0 Å². The summed E-state index contributed by atoms with van der Waals surface area (Å²) >= 11 is 6.20. The fourth-order valence-electron chi connectivity index (χ4n) is 3.37. The van der Waals surface area contributed by atoms with Gasteiger partial charge in [0.2, 0.25) is 0 Å². The zero-order valence-corrected chi connectivity index (χ0v) is 17.2. The van der Waals surface area contributed by atoms with Crippen LogP contribution in [0.5, 0.6) is 0 Å². The van der Waals surface area contributed by atoms with Crippen LogP contribution in [-0.2, 0) is 6.54 Å². The molecule has 3 aromatic heterocycles. The SMILES string of the molecule is O=C(Nc1ccc(-c2cn3ccccc3n2)cc1)c1cnn(Cc2ccccc2Cl)c1. The van der Waals surface area contributed by atoms with E-state index in [1.807, 2.05) is 83.5 Å². The molecule has 0 unspecified atom stereocenters. The summed E-state index contributed by atoms with van der Waals surface area (Å²) in [5, 5.41) is 7.86. The van der Waals surface area contributed by atoms with Crippen molar-refractivity contribution in [3.05, 3.63) is 108 Å². The van der Waals surface area contributed by atoms with E-state index in [2.05, 4.69) is 15.4 Å². The Labute approximate surface area is 183 Å². The quantitative estimate of drug-likeness (QED) is 0.421. The maximum Gasteiger partial charge on any atom is 0.258 e. The molecule has 0 aliphatic heterocycles. The minimum Gasteiger partial charge on any atom is -0.322 e. The zero-order valence-electron chi connectivity index (χ0n) is 16.4. The lowest BCUT2D eigenvalue weighted by atomic mass is 10.1. The largest absolute Gasteiger partial charge is 0.322 e. The first-order valence-electron chi connectivity index (χ1n) is 9.77. The highest BCUT2D eigenvalue weighted by atomic mass is 35.5. The fraction of sp³-hybridized carbons (Fsp3) is 0.0417. The van der Waals surface area contributed by atoms with Crippen molar-refractivity contribution in [3.8, 4) is 11.3 Å².